The van der Waals surface area contributed by atoms with Gasteiger partial charge in [-0.3, -0.25) is 14.7 Å². The predicted molar refractivity (Wildman–Crippen MR) is 144 cm³/mol. The Morgan fingerprint density at radius 3 is 2.38 bits per heavy atom. The van der Waals surface area contributed by atoms with Gasteiger partial charge in [0.05, 0.1) is 33.9 Å². The summed E-state index contributed by atoms with van der Waals surface area (Å²) in [4.78, 5) is 20.2. The summed E-state index contributed by atoms with van der Waals surface area (Å²) in [5.41, 5.74) is 3.25. The van der Waals surface area contributed by atoms with Gasteiger partial charge in [0, 0.05) is 25.8 Å². The van der Waals surface area contributed by atoms with E-state index in [1.807, 2.05) is 6.07 Å². The summed E-state index contributed by atoms with van der Waals surface area (Å²) in [7, 11) is -3.27. The van der Waals surface area contributed by atoms with Gasteiger partial charge >= 0.3 is 6.18 Å². The maximum atomic E-state index is 13.1. The molecule has 1 amide bonds. The zero-order chi connectivity index (χ0) is 28.4. The van der Waals surface area contributed by atoms with Gasteiger partial charge in [0.1, 0.15) is 0 Å². The number of carbonyl (C=O) groups is 1. The quantitative estimate of drug-likeness (QED) is 0.442. The standard InChI is InChI=1S/C29H38F3N3O3S/c1-4-39(37,38)25-11-7-20(8-12-25)16-34-28(36)23-15-22-13-14-35(27(19(2)3)26(22)33-17-23)18-21-5-9-24(10-6-21)29(30,31)32/h7-8,11-12,15,17,19,21,24,27H,4-6,9-10,13-14,16,18H2,1-3H3,(H,34,36)/t21?,24?,27-/m1/s1. The molecule has 0 spiro atoms. The van der Waals surface area contributed by atoms with Crippen molar-refractivity contribution in [3.8, 4) is 0 Å². The van der Waals surface area contributed by atoms with E-state index in [0.717, 1.165) is 36.3 Å². The molecule has 1 N–H and O–H groups in total. The summed E-state index contributed by atoms with van der Waals surface area (Å²) in [5.74, 6) is -0.859. The number of alkyl halides is 3. The number of rotatable bonds is 8. The van der Waals surface area contributed by atoms with Gasteiger partial charge in [-0.05, 0) is 73.3 Å². The molecule has 0 unspecified atom stereocenters. The Kier molecular flexibility index (Phi) is 9.05. The number of halogens is 3. The lowest BCUT2D eigenvalue weighted by Crippen LogP contribution is -2.42. The number of nitrogens with zero attached hydrogens (tertiary/aromatic N) is 2. The minimum absolute atomic E-state index is 0.0345. The third-order valence-corrected chi connectivity index (χ3v) is 9.91. The highest BCUT2D eigenvalue weighted by molar-refractivity contribution is 7.91. The second-order valence-electron chi connectivity index (χ2n) is 11.2. The summed E-state index contributed by atoms with van der Waals surface area (Å²) < 4.78 is 63.2. The third kappa shape index (κ3) is 7.01. The zero-order valence-electron chi connectivity index (χ0n) is 22.8. The van der Waals surface area contributed by atoms with Crippen LogP contribution >= 0.6 is 0 Å². The van der Waals surface area contributed by atoms with Gasteiger partial charge in [-0.25, -0.2) is 8.42 Å². The molecule has 10 heteroatoms. The summed E-state index contributed by atoms with van der Waals surface area (Å²) in [5, 5.41) is 2.89. The van der Waals surface area contributed by atoms with Crippen molar-refractivity contribution in [3.63, 3.8) is 0 Å². The van der Waals surface area contributed by atoms with E-state index < -0.39 is 21.9 Å². The molecule has 0 radical (unpaired) electrons. The summed E-state index contributed by atoms with van der Waals surface area (Å²) in [6, 6.07) is 8.47. The van der Waals surface area contributed by atoms with E-state index in [-0.39, 0.29) is 53.8 Å². The highest BCUT2D eigenvalue weighted by atomic mass is 32.2. The Bertz CT molecular complexity index is 1250. The van der Waals surface area contributed by atoms with Gasteiger partial charge < -0.3 is 5.32 Å². The van der Waals surface area contributed by atoms with Crippen LogP contribution in [0.1, 0.15) is 79.7 Å². The van der Waals surface area contributed by atoms with Gasteiger partial charge in [-0.1, -0.05) is 32.9 Å². The van der Waals surface area contributed by atoms with Crippen molar-refractivity contribution in [3.05, 3.63) is 58.9 Å². The number of carbonyl (C=O) groups excluding carboxylic acids is 1. The first-order valence-corrected chi connectivity index (χ1v) is 15.4. The number of aromatic nitrogens is 1. The number of nitrogens with one attached hydrogen (secondary N) is 1. The average Bonchev–Trinajstić information content (AvgIpc) is 2.91. The number of sulfone groups is 1. The molecule has 2 aromatic rings. The van der Waals surface area contributed by atoms with Crippen LogP contribution in [0.4, 0.5) is 13.2 Å². The fourth-order valence-corrected chi connectivity index (χ4v) is 6.78. The van der Waals surface area contributed by atoms with Crippen molar-refractivity contribution in [2.45, 2.75) is 76.5 Å². The Balaban J connectivity index is 1.39. The molecule has 2 aliphatic rings. The maximum Gasteiger partial charge on any atom is 0.391 e. The van der Waals surface area contributed by atoms with Crippen molar-refractivity contribution in [1.29, 1.82) is 0 Å². The molecule has 1 aromatic heterocycles. The largest absolute Gasteiger partial charge is 0.391 e. The molecule has 0 bridgehead atoms. The molecule has 1 atom stereocenters. The molecule has 1 aliphatic heterocycles. The lowest BCUT2D eigenvalue weighted by Gasteiger charge is -2.42. The molecule has 6 nitrogen and oxygen atoms in total. The van der Waals surface area contributed by atoms with Crippen LogP contribution in [0.2, 0.25) is 0 Å². The van der Waals surface area contributed by atoms with E-state index in [2.05, 4.69) is 24.1 Å². The first-order chi connectivity index (χ1) is 18.4. The van der Waals surface area contributed by atoms with Crippen molar-refractivity contribution in [2.75, 3.05) is 18.8 Å². The zero-order valence-corrected chi connectivity index (χ0v) is 23.6. The van der Waals surface area contributed by atoms with Crippen LogP contribution in [-0.2, 0) is 22.8 Å². The van der Waals surface area contributed by atoms with Crippen LogP contribution in [0.15, 0.2) is 41.4 Å². The molecule has 2 heterocycles. The SMILES string of the molecule is CCS(=O)(=O)c1ccc(CNC(=O)c2cnc3c(c2)CCN(CC2CCC(C(F)(F)F)CC2)[C@@H]3C(C)C)cc1. The smallest absolute Gasteiger partial charge is 0.348 e. The van der Waals surface area contributed by atoms with Crippen LogP contribution in [0.5, 0.6) is 0 Å². The van der Waals surface area contributed by atoms with Crippen molar-refractivity contribution in [1.82, 2.24) is 15.2 Å². The number of amides is 1. The second-order valence-corrected chi connectivity index (χ2v) is 13.5. The topological polar surface area (TPSA) is 79.4 Å². The van der Waals surface area contributed by atoms with Crippen LogP contribution in [0.3, 0.4) is 0 Å². The van der Waals surface area contributed by atoms with Gasteiger partial charge in [0.2, 0.25) is 0 Å². The van der Waals surface area contributed by atoms with Crippen LogP contribution in [0.25, 0.3) is 0 Å². The Morgan fingerprint density at radius 2 is 1.79 bits per heavy atom. The molecule has 4 rings (SSSR count). The Labute approximate surface area is 229 Å². The van der Waals surface area contributed by atoms with Crippen LogP contribution < -0.4 is 5.32 Å². The number of hydrogen-bond donors (Lipinski definition) is 1. The molecule has 1 fully saturated rings. The molecule has 1 saturated carbocycles. The molecular weight excluding hydrogens is 527 g/mol. The van der Waals surface area contributed by atoms with Crippen molar-refractivity contribution >= 4 is 15.7 Å². The lowest BCUT2D eigenvalue weighted by molar-refractivity contribution is -0.184. The number of hydrogen-bond acceptors (Lipinski definition) is 5. The van der Waals surface area contributed by atoms with E-state index >= 15 is 0 Å². The van der Waals surface area contributed by atoms with Gasteiger partial charge in [0.25, 0.3) is 5.91 Å². The average molecular weight is 566 g/mol. The Morgan fingerprint density at radius 1 is 1.13 bits per heavy atom. The van der Waals surface area contributed by atoms with Gasteiger partial charge in [-0.2, -0.15) is 13.2 Å². The fraction of sp³-hybridized carbons (Fsp3) is 0.586. The van der Waals surface area contributed by atoms with E-state index in [4.69, 9.17) is 4.98 Å². The normalized spacial score (nSPS) is 22.5. The third-order valence-electron chi connectivity index (χ3n) is 8.15. The van der Waals surface area contributed by atoms with Crippen molar-refractivity contribution in [2.24, 2.45) is 17.8 Å². The summed E-state index contributed by atoms with van der Waals surface area (Å²) in [6.45, 7) is 7.69. The van der Waals surface area contributed by atoms with Crippen molar-refractivity contribution < 1.29 is 26.4 Å². The van der Waals surface area contributed by atoms with E-state index in [1.165, 1.54) is 0 Å². The molecule has 1 aromatic carbocycles. The first kappa shape index (κ1) is 29.5. The second kappa shape index (κ2) is 12.0. The van der Waals surface area contributed by atoms with Gasteiger partial charge in [-0.15, -0.1) is 0 Å². The summed E-state index contributed by atoms with van der Waals surface area (Å²) in [6.07, 6.45) is -0.139. The predicted octanol–water partition coefficient (Wildman–Crippen LogP) is 5.73. The van der Waals surface area contributed by atoms with E-state index in [9.17, 15) is 26.4 Å². The van der Waals surface area contributed by atoms with Gasteiger partial charge in [0.15, 0.2) is 9.84 Å². The Hall–Kier alpha value is -2.46. The minimum atomic E-state index is -4.09. The summed E-state index contributed by atoms with van der Waals surface area (Å²) >= 11 is 0. The minimum Gasteiger partial charge on any atom is -0.348 e. The number of benzene rings is 1. The first-order valence-electron chi connectivity index (χ1n) is 13.8. The molecule has 214 valence electrons. The monoisotopic (exact) mass is 565 g/mol. The molecular formula is C29H38F3N3O3S. The molecule has 0 saturated heterocycles. The lowest BCUT2D eigenvalue weighted by atomic mass is 9.80. The number of pyridine rings is 1. The maximum absolute atomic E-state index is 13.1. The number of fused-ring (bicyclic) bond motifs is 1. The van der Waals surface area contributed by atoms with Crippen LogP contribution in [0, 0.1) is 17.8 Å². The molecule has 39 heavy (non-hydrogen) atoms. The highest BCUT2D eigenvalue weighted by Gasteiger charge is 2.42. The van der Waals surface area contributed by atoms with E-state index in [0.29, 0.717) is 18.4 Å². The molecule has 1 aliphatic carbocycles. The highest BCUT2D eigenvalue weighted by Crippen LogP contribution is 2.41. The van der Waals surface area contributed by atoms with E-state index in [1.54, 1.807) is 37.4 Å². The fourth-order valence-electron chi connectivity index (χ4n) is 5.90. The van der Waals surface area contributed by atoms with Crippen LogP contribution in [-0.4, -0.2) is 49.2 Å².